The summed E-state index contributed by atoms with van der Waals surface area (Å²) in [4.78, 5) is 7.99. The third-order valence-corrected chi connectivity index (χ3v) is 3.40. The van der Waals surface area contributed by atoms with Crippen molar-refractivity contribution in [2.24, 2.45) is 4.99 Å². The van der Waals surface area contributed by atoms with E-state index in [1.54, 1.807) is 6.07 Å². The lowest BCUT2D eigenvalue weighted by Crippen LogP contribution is -2.37. The fraction of sp³-hybridized carbons (Fsp3) is 0.333. The molecule has 0 aliphatic heterocycles. The molecule has 0 aliphatic carbocycles. The van der Waals surface area contributed by atoms with Gasteiger partial charge < -0.3 is 15.4 Å². The van der Waals surface area contributed by atoms with Gasteiger partial charge >= 0.3 is 6.18 Å². The Morgan fingerprint density at radius 3 is 2.59 bits per heavy atom. The summed E-state index contributed by atoms with van der Waals surface area (Å²) in [6, 6.07) is 6.08. The molecule has 5 nitrogen and oxygen atoms in total. The minimum Gasteiger partial charge on any atom is -0.468 e. The van der Waals surface area contributed by atoms with Crippen molar-refractivity contribution in [2.75, 3.05) is 13.2 Å². The van der Waals surface area contributed by atoms with Crippen molar-refractivity contribution in [3.63, 3.8) is 0 Å². The third kappa shape index (κ3) is 9.24. The smallest absolute Gasteiger partial charge is 0.422 e. The van der Waals surface area contributed by atoms with Crippen LogP contribution in [0.2, 0.25) is 0 Å². The number of aliphatic imine (C=N–C) groups is 1. The van der Waals surface area contributed by atoms with E-state index in [2.05, 4.69) is 25.3 Å². The molecule has 29 heavy (non-hydrogen) atoms. The molecule has 0 fully saturated rings. The Balaban J connectivity index is 0.00000420. The number of pyridine rings is 1. The summed E-state index contributed by atoms with van der Waals surface area (Å²) in [5.74, 6) is -0.931. The highest BCUT2D eigenvalue weighted by atomic mass is 127. The van der Waals surface area contributed by atoms with Gasteiger partial charge in [0, 0.05) is 30.9 Å². The minimum absolute atomic E-state index is 0. The fourth-order valence-corrected chi connectivity index (χ4v) is 2.15. The molecule has 2 N–H and O–H groups in total. The predicted octanol–water partition coefficient (Wildman–Crippen LogP) is 4.17. The van der Waals surface area contributed by atoms with Crippen LogP contribution in [-0.2, 0) is 13.1 Å². The van der Waals surface area contributed by atoms with E-state index in [-0.39, 0.29) is 48.5 Å². The predicted molar refractivity (Wildman–Crippen MR) is 109 cm³/mol. The van der Waals surface area contributed by atoms with Crippen LogP contribution in [0.4, 0.5) is 22.0 Å². The number of guanidine groups is 1. The fourth-order valence-electron chi connectivity index (χ4n) is 2.15. The van der Waals surface area contributed by atoms with E-state index < -0.39 is 24.4 Å². The Bertz CT molecular complexity index is 817. The number of halogens is 6. The van der Waals surface area contributed by atoms with Crippen LogP contribution in [0.5, 0.6) is 5.88 Å². The van der Waals surface area contributed by atoms with Gasteiger partial charge in [-0.15, -0.1) is 24.0 Å². The molecule has 0 radical (unpaired) electrons. The van der Waals surface area contributed by atoms with Crippen LogP contribution in [-0.4, -0.2) is 30.3 Å². The van der Waals surface area contributed by atoms with Gasteiger partial charge in [-0.2, -0.15) is 13.2 Å². The molecule has 11 heteroatoms. The van der Waals surface area contributed by atoms with Crippen LogP contribution in [0, 0.1) is 11.6 Å². The number of rotatable bonds is 7. The quantitative estimate of drug-likeness (QED) is 0.244. The van der Waals surface area contributed by atoms with Crippen LogP contribution < -0.4 is 15.4 Å². The highest BCUT2D eigenvalue weighted by Gasteiger charge is 2.28. The molecule has 1 aromatic carbocycles. The monoisotopic (exact) mass is 530 g/mol. The first-order valence-corrected chi connectivity index (χ1v) is 8.37. The maximum absolute atomic E-state index is 13.7. The van der Waals surface area contributed by atoms with Gasteiger partial charge in [-0.3, -0.25) is 0 Å². The molecule has 0 saturated carbocycles. The first-order chi connectivity index (χ1) is 13.3. The van der Waals surface area contributed by atoms with Crippen molar-refractivity contribution in [3.8, 4) is 5.88 Å². The zero-order chi connectivity index (χ0) is 20.6. The van der Waals surface area contributed by atoms with E-state index in [4.69, 9.17) is 0 Å². The molecule has 0 saturated heterocycles. The van der Waals surface area contributed by atoms with E-state index in [1.807, 2.05) is 6.92 Å². The normalized spacial score (nSPS) is 11.6. The summed E-state index contributed by atoms with van der Waals surface area (Å²) < 4.78 is 68.2. The molecular formula is C18H20F5IN4O. The van der Waals surface area contributed by atoms with Gasteiger partial charge in [0.1, 0.15) is 11.6 Å². The number of ether oxygens (including phenoxy) is 1. The highest BCUT2D eigenvalue weighted by molar-refractivity contribution is 14.0. The largest absolute Gasteiger partial charge is 0.468 e. The van der Waals surface area contributed by atoms with Crippen LogP contribution in [0.25, 0.3) is 0 Å². The second-order valence-corrected chi connectivity index (χ2v) is 5.69. The zero-order valence-corrected chi connectivity index (χ0v) is 17.7. The maximum Gasteiger partial charge on any atom is 0.422 e. The van der Waals surface area contributed by atoms with Gasteiger partial charge in [-0.25, -0.2) is 18.8 Å². The van der Waals surface area contributed by atoms with Crippen molar-refractivity contribution in [1.82, 2.24) is 15.6 Å². The van der Waals surface area contributed by atoms with Crippen molar-refractivity contribution in [1.29, 1.82) is 0 Å². The number of nitrogens with one attached hydrogen (secondary N) is 2. The molecule has 0 atom stereocenters. The number of benzene rings is 1. The number of hydrogen-bond acceptors (Lipinski definition) is 3. The van der Waals surface area contributed by atoms with Crippen LogP contribution >= 0.6 is 24.0 Å². The summed E-state index contributed by atoms with van der Waals surface area (Å²) in [5, 5.41) is 5.82. The summed E-state index contributed by atoms with van der Waals surface area (Å²) in [5.41, 5.74) is 0.707. The van der Waals surface area contributed by atoms with Crippen molar-refractivity contribution < 1.29 is 26.7 Å². The molecule has 0 unspecified atom stereocenters. The Labute approximate surface area is 181 Å². The van der Waals surface area contributed by atoms with Crippen LogP contribution in [0.3, 0.4) is 0 Å². The Morgan fingerprint density at radius 2 is 1.90 bits per heavy atom. The maximum atomic E-state index is 13.7. The molecule has 2 aromatic rings. The number of alkyl halides is 3. The van der Waals surface area contributed by atoms with Crippen molar-refractivity contribution >= 4 is 29.9 Å². The van der Waals surface area contributed by atoms with Crippen molar-refractivity contribution in [3.05, 3.63) is 59.3 Å². The Hall–Kier alpha value is -2.18. The molecule has 0 spiro atoms. The lowest BCUT2D eigenvalue weighted by Gasteiger charge is -2.12. The first-order valence-electron chi connectivity index (χ1n) is 8.37. The van der Waals surface area contributed by atoms with E-state index in [0.717, 1.165) is 18.2 Å². The minimum atomic E-state index is -4.45. The van der Waals surface area contributed by atoms with Gasteiger partial charge in [0.05, 0.1) is 6.54 Å². The average Bonchev–Trinajstić information content (AvgIpc) is 2.64. The number of hydrogen-bond donors (Lipinski definition) is 2. The SMILES string of the molecule is CCNC(=NCc1ccnc(OCC(F)(F)F)c1)NCc1cc(F)ccc1F.I. The lowest BCUT2D eigenvalue weighted by molar-refractivity contribution is -0.154. The molecule has 160 valence electrons. The second kappa shape index (κ2) is 11.7. The average molecular weight is 530 g/mol. The molecular weight excluding hydrogens is 510 g/mol. The molecule has 1 heterocycles. The summed E-state index contributed by atoms with van der Waals surface area (Å²) >= 11 is 0. The topological polar surface area (TPSA) is 58.5 Å². The van der Waals surface area contributed by atoms with Crippen LogP contribution in [0.15, 0.2) is 41.5 Å². The number of aromatic nitrogens is 1. The molecule has 0 aliphatic rings. The van der Waals surface area contributed by atoms with E-state index in [1.165, 1.54) is 12.3 Å². The van der Waals surface area contributed by atoms with Gasteiger partial charge in [0.25, 0.3) is 0 Å². The first kappa shape index (κ1) is 24.9. The van der Waals surface area contributed by atoms with Crippen LogP contribution in [0.1, 0.15) is 18.1 Å². The van der Waals surface area contributed by atoms with Gasteiger partial charge in [0.2, 0.25) is 5.88 Å². The van der Waals surface area contributed by atoms with Gasteiger partial charge in [-0.05, 0) is 36.8 Å². The summed E-state index contributed by atoms with van der Waals surface area (Å²) in [6.45, 7) is 1.04. The van der Waals surface area contributed by atoms with Crippen molar-refractivity contribution in [2.45, 2.75) is 26.2 Å². The Kier molecular flexibility index (Phi) is 10.1. The standard InChI is InChI=1S/C18H19F5N4O.HI/c1-2-24-17(27-10-13-8-14(19)3-4-15(13)20)26-9-12-5-6-25-16(7-12)28-11-18(21,22)23;/h3-8H,2,9-11H2,1H3,(H2,24,26,27);1H. The van der Waals surface area contributed by atoms with E-state index in [0.29, 0.717) is 18.1 Å². The molecule has 2 rings (SSSR count). The summed E-state index contributed by atoms with van der Waals surface area (Å²) in [7, 11) is 0. The Morgan fingerprint density at radius 1 is 1.14 bits per heavy atom. The highest BCUT2D eigenvalue weighted by Crippen LogP contribution is 2.17. The summed E-state index contributed by atoms with van der Waals surface area (Å²) in [6.07, 6.45) is -3.14. The lowest BCUT2D eigenvalue weighted by atomic mass is 10.2. The molecule has 0 bridgehead atoms. The van der Waals surface area contributed by atoms with Gasteiger partial charge in [-0.1, -0.05) is 0 Å². The number of nitrogens with zero attached hydrogens (tertiary/aromatic N) is 2. The third-order valence-electron chi connectivity index (χ3n) is 3.40. The molecule has 0 amide bonds. The van der Waals surface area contributed by atoms with Gasteiger partial charge in [0.15, 0.2) is 12.6 Å². The zero-order valence-electron chi connectivity index (χ0n) is 15.4. The van der Waals surface area contributed by atoms with E-state index in [9.17, 15) is 22.0 Å². The molecule has 1 aromatic heterocycles. The van der Waals surface area contributed by atoms with E-state index >= 15 is 0 Å². The second-order valence-electron chi connectivity index (χ2n) is 5.69.